The Labute approximate surface area is 133 Å². The maximum Gasteiger partial charge on any atom is 0.252 e. The lowest BCUT2D eigenvalue weighted by Gasteiger charge is -2.05. The highest BCUT2D eigenvalue weighted by Gasteiger charge is 2.05. The van der Waals surface area contributed by atoms with Gasteiger partial charge in [0.15, 0.2) is 5.16 Å². The second-order valence-electron chi connectivity index (χ2n) is 5.08. The monoisotopic (exact) mass is 308 g/mol. The summed E-state index contributed by atoms with van der Waals surface area (Å²) in [5.74, 6) is 0.779. The smallest absolute Gasteiger partial charge is 0.252 e. The molecule has 0 saturated carbocycles. The van der Waals surface area contributed by atoms with Crippen LogP contribution in [-0.2, 0) is 5.75 Å². The second kappa shape index (κ2) is 6.62. The van der Waals surface area contributed by atoms with Gasteiger partial charge in [0, 0.05) is 17.4 Å². The van der Waals surface area contributed by atoms with Crippen LogP contribution in [0.15, 0.2) is 70.6 Å². The van der Waals surface area contributed by atoms with Crippen molar-refractivity contribution in [1.29, 1.82) is 0 Å². The lowest BCUT2D eigenvalue weighted by Crippen LogP contribution is -2.08. The van der Waals surface area contributed by atoms with Crippen molar-refractivity contribution in [2.45, 2.75) is 17.8 Å². The Kier molecular flexibility index (Phi) is 4.39. The Balaban J connectivity index is 1.81. The molecule has 0 fully saturated rings. The number of nitrogens with one attached hydrogen (secondary N) is 1. The molecule has 1 N–H and O–H groups in total. The highest BCUT2D eigenvalue weighted by molar-refractivity contribution is 7.98. The lowest BCUT2D eigenvalue weighted by molar-refractivity contribution is 0.942. The molecule has 3 nitrogen and oxygen atoms in total. The van der Waals surface area contributed by atoms with Crippen LogP contribution in [0.25, 0.3) is 11.3 Å². The van der Waals surface area contributed by atoms with Crippen LogP contribution in [0.1, 0.15) is 11.1 Å². The molecule has 3 rings (SSSR count). The number of H-pyrrole nitrogens is 1. The van der Waals surface area contributed by atoms with E-state index in [4.69, 9.17) is 0 Å². The summed E-state index contributed by atoms with van der Waals surface area (Å²) in [5.41, 5.74) is 3.98. The van der Waals surface area contributed by atoms with Gasteiger partial charge in [-0.25, -0.2) is 4.98 Å². The van der Waals surface area contributed by atoms with Crippen molar-refractivity contribution in [3.05, 3.63) is 82.1 Å². The summed E-state index contributed by atoms with van der Waals surface area (Å²) >= 11 is 1.54. The highest BCUT2D eigenvalue weighted by atomic mass is 32.2. The summed E-state index contributed by atoms with van der Waals surface area (Å²) in [6.45, 7) is 2.07. The van der Waals surface area contributed by atoms with Crippen molar-refractivity contribution >= 4 is 11.8 Å². The van der Waals surface area contributed by atoms with Crippen LogP contribution in [0.3, 0.4) is 0 Å². The third-order valence-electron chi connectivity index (χ3n) is 3.29. The lowest BCUT2D eigenvalue weighted by atomic mass is 10.1. The fraction of sp³-hybridized carbons (Fsp3) is 0.111. The van der Waals surface area contributed by atoms with Gasteiger partial charge in [-0.05, 0) is 12.5 Å². The zero-order valence-electron chi connectivity index (χ0n) is 12.2. The summed E-state index contributed by atoms with van der Waals surface area (Å²) in [4.78, 5) is 19.2. The van der Waals surface area contributed by atoms with Gasteiger partial charge < -0.3 is 4.98 Å². The van der Waals surface area contributed by atoms with E-state index in [1.807, 2.05) is 30.3 Å². The van der Waals surface area contributed by atoms with Crippen LogP contribution in [0.2, 0.25) is 0 Å². The van der Waals surface area contributed by atoms with Crippen molar-refractivity contribution in [2.24, 2.45) is 0 Å². The topological polar surface area (TPSA) is 45.8 Å². The van der Waals surface area contributed by atoms with E-state index in [0.717, 1.165) is 11.3 Å². The van der Waals surface area contributed by atoms with E-state index >= 15 is 0 Å². The molecule has 110 valence electrons. The van der Waals surface area contributed by atoms with Crippen LogP contribution in [0.4, 0.5) is 0 Å². The van der Waals surface area contributed by atoms with Crippen molar-refractivity contribution in [1.82, 2.24) is 9.97 Å². The number of aromatic amines is 1. The van der Waals surface area contributed by atoms with E-state index < -0.39 is 0 Å². The molecule has 0 aliphatic heterocycles. The SMILES string of the molecule is Cc1ccc(CSc2nc(-c3ccccc3)cc(=O)[nH]2)cc1. The molecule has 0 unspecified atom stereocenters. The van der Waals surface area contributed by atoms with Crippen molar-refractivity contribution in [3.63, 3.8) is 0 Å². The van der Waals surface area contributed by atoms with Gasteiger partial charge in [0.05, 0.1) is 5.69 Å². The van der Waals surface area contributed by atoms with Gasteiger partial charge in [-0.15, -0.1) is 0 Å². The molecule has 0 saturated heterocycles. The Morgan fingerprint density at radius 3 is 2.50 bits per heavy atom. The summed E-state index contributed by atoms with van der Waals surface area (Å²) < 4.78 is 0. The van der Waals surface area contributed by atoms with E-state index in [2.05, 4.69) is 41.2 Å². The number of hydrogen-bond acceptors (Lipinski definition) is 3. The molecule has 2 aromatic carbocycles. The molecule has 3 aromatic rings. The predicted octanol–water partition coefficient (Wildman–Crippen LogP) is 4.04. The quantitative estimate of drug-likeness (QED) is 0.584. The molecular weight excluding hydrogens is 292 g/mol. The second-order valence-corrected chi connectivity index (χ2v) is 6.04. The van der Waals surface area contributed by atoms with Crippen LogP contribution in [0.5, 0.6) is 0 Å². The third-order valence-corrected chi connectivity index (χ3v) is 4.23. The molecule has 4 heteroatoms. The predicted molar refractivity (Wildman–Crippen MR) is 91.0 cm³/mol. The number of hydrogen-bond donors (Lipinski definition) is 1. The van der Waals surface area contributed by atoms with E-state index in [0.29, 0.717) is 10.9 Å². The average molecular weight is 308 g/mol. The zero-order valence-corrected chi connectivity index (χ0v) is 13.1. The van der Waals surface area contributed by atoms with Crippen LogP contribution in [-0.4, -0.2) is 9.97 Å². The minimum atomic E-state index is -0.125. The molecule has 0 spiro atoms. The molecule has 0 aliphatic rings. The van der Waals surface area contributed by atoms with Gasteiger partial charge in [0.25, 0.3) is 5.56 Å². The Bertz CT molecular complexity index is 810. The minimum Gasteiger partial charge on any atom is -0.301 e. The fourth-order valence-corrected chi connectivity index (χ4v) is 2.93. The highest BCUT2D eigenvalue weighted by Crippen LogP contribution is 2.21. The first kappa shape index (κ1) is 14.6. The average Bonchev–Trinajstić information content (AvgIpc) is 2.55. The van der Waals surface area contributed by atoms with Gasteiger partial charge in [0.1, 0.15) is 0 Å². The van der Waals surface area contributed by atoms with E-state index in [-0.39, 0.29) is 5.56 Å². The van der Waals surface area contributed by atoms with Crippen molar-refractivity contribution < 1.29 is 0 Å². The number of nitrogens with zero attached hydrogens (tertiary/aromatic N) is 1. The number of rotatable bonds is 4. The molecule has 1 heterocycles. The normalized spacial score (nSPS) is 10.6. The number of aromatic nitrogens is 2. The van der Waals surface area contributed by atoms with Gasteiger partial charge in [-0.2, -0.15) is 0 Å². The Morgan fingerprint density at radius 1 is 1.05 bits per heavy atom. The van der Waals surface area contributed by atoms with Crippen LogP contribution < -0.4 is 5.56 Å². The van der Waals surface area contributed by atoms with Gasteiger partial charge >= 0.3 is 0 Å². The number of benzene rings is 2. The largest absolute Gasteiger partial charge is 0.301 e. The van der Waals surface area contributed by atoms with E-state index in [1.54, 1.807) is 0 Å². The Morgan fingerprint density at radius 2 is 1.77 bits per heavy atom. The first-order valence-corrected chi connectivity index (χ1v) is 8.04. The van der Waals surface area contributed by atoms with E-state index in [1.165, 1.54) is 29.0 Å². The van der Waals surface area contributed by atoms with Gasteiger partial charge in [-0.1, -0.05) is 71.9 Å². The summed E-state index contributed by atoms with van der Waals surface area (Å²) in [5, 5.41) is 0.645. The maximum absolute atomic E-state index is 11.8. The molecule has 0 amide bonds. The summed E-state index contributed by atoms with van der Waals surface area (Å²) in [7, 11) is 0. The number of aryl methyl sites for hydroxylation is 1. The maximum atomic E-state index is 11.8. The molecule has 1 aromatic heterocycles. The zero-order chi connectivity index (χ0) is 15.4. The van der Waals surface area contributed by atoms with Gasteiger partial charge in [-0.3, -0.25) is 4.79 Å². The molecule has 22 heavy (non-hydrogen) atoms. The molecule has 0 atom stereocenters. The first-order valence-electron chi connectivity index (χ1n) is 7.06. The van der Waals surface area contributed by atoms with Crippen molar-refractivity contribution in [2.75, 3.05) is 0 Å². The van der Waals surface area contributed by atoms with Crippen LogP contribution in [0, 0.1) is 6.92 Å². The first-order chi connectivity index (χ1) is 10.7. The van der Waals surface area contributed by atoms with Crippen molar-refractivity contribution in [3.8, 4) is 11.3 Å². The fourth-order valence-electron chi connectivity index (χ4n) is 2.10. The molecular formula is C18H16N2OS. The van der Waals surface area contributed by atoms with Crippen LogP contribution >= 0.6 is 11.8 Å². The standard InChI is InChI=1S/C18H16N2OS/c1-13-7-9-14(10-8-13)12-22-18-19-16(11-17(21)20-18)15-5-3-2-4-6-15/h2-11H,12H2,1H3,(H,19,20,21). The molecule has 0 bridgehead atoms. The summed E-state index contributed by atoms with van der Waals surface area (Å²) in [6.07, 6.45) is 0. The number of thioether (sulfide) groups is 1. The van der Waals surface area contributed by atoms with E-state index in [9.17, 15) is 4.79 Å². The minimum absolute atomic E-state index is 0.125. The third kappa shape index (κ3) is 3.65. The molecule has 0 radical (unpaired) electrons. The Hall–Kier alpha value is -2.33. The van der Waals surface area contributed by atoms with Gasteiger partial charge in [0.2, 0.25) is 0 Å². The molecule has 0 aliphatic carbocycles. The summed E-state index contributed by atoms with van der Waals surface area (Å²) in [6, 6.07) is 19.7.